The summed E-state index contributed by atoms with van der Waals surface area (Å²) in [6.07, 6.45) is -3.58. The van der Waals surface area contributed by atoms with E-state index in [-0.39, 0.29) is 6.61 Å². The number of hydrogen-bond acceptors (Lipinski definition) is 6. The van der Waals surface area contributed by atoms with Gasteiger partial charge in [0.1, 0.15) is 18.2 Å². The maximum absolute atomic E-state index is 10.5. The summed E-state index contributed by atoms with van der Waals surface area (Å²) in [5, 5.41) is 14.0. The van der Waals surface area contributed by atoms with Crippen LogP contribution in [0.25, 0.3) is 10.4 Å². The third kappa shape index (κ3) is 2.80. The molecule has 2 heterocycles. The average molecular weight is 307 g/mol. The first kappa shape index (κ1) is 15.2. The molecule has 2 aliphatic heterocycles. The molecule has 3 rings (SSSR count). The molecule has 1 aromatic carbocycles. The van der Waals surface area contributed by atoms with Crippen LogP contribution in [0.3, 0.4) is 0 Å². The van der Waals surface area contributed by atoms with Crippen LogP contribution < -0.4 is 0 Å². The highest BCUT2D eigenvalue weighted by atomic mass is 16.7. The van der Waals surface area contributed by atoms with Crippen molar-refractivity contribution in [2.45, 2.75) is 36.9 Å². The van der Waals surface area contributed by atoms with Crippen molar-refractivity contribution in [1.29, 1.82) is 0 Å². The summed E-state index contributed by atoms with van der Waals surface area (Å²) in [7, 11) is 1.43. The Balaban J connectivity index is 1.79. The minimum Gasteiger partial charge on any atom is -0.390 e. The van der Waals surface area contributed by atoms with Gasteiger partial charge in [0.15, 0.2) is 12.6 Å². The number of azide groups is 1. The Labute approximate surface area is 127 Å². The van der Waals surface area contributed by atoms with Crippen LogP contribution in [0.5, 0.6) is 0 Å². The van der Waals surface area contributed by atoms with Crippen molar-refractivity contribution in [2.24, 2.45) is 5.11 Å². The van der Waals surface area contributed by atoms with Crippen LogP contribution in [0.2, 0.25) is 0 Å². The number of ether oxygens (including phenoxy) is 4. The second-order valence-electron chi connectivity index (χ2n) is 5.14. The average Bonchev–Trinajstić information content (AvgIpc) is 2.58. The van der Waals surface area contributed by atoms with E-state index in [0.717, 1.165) is 5.56 Å². The van der Waals surface area contributed by atoms with Crippen LogP contribution in [0.15, 0.2) is 35.4 Å². The van der Waals surface area contributed by atoms with Gasteiger partial charge in [-0.25, -0.2) is 0 Å². The van der Waals surface area contributed by atoms with Crippen LogP contribution in [-0.4, -0.2) is 49.5 Å². The van der Waals surface area contributed by atoms with Crippen molar-refractivity contribution in [1.82, 2.24) is 0 Å². The third-order valence-corrected chi connectivity index (χ3v) is 3.82. The molecule has 8 heteroatoms. The van der Waals surface area contributed by atoms with Gasteiger partial charge in [0.05, 0.1) is 12.7 Å². The molecule has 118 valence electrons. The molecule has 0 saturated carbocycles. The molecule has 0 aliphatic carbocycles. The van der Waals surface area contributed by atoms with Gasteiger partial charge >= 0.3 is 0 Å². The largest absolute Gasteiger partial charge is 0.390 e. The summed E-state index contributed by atoms with van der Waals surface area (Å²) in [5.74, 6) is 0. The van der Waals surface area contributed by atoms with Crippen LogP contribution in [0, 0.1) is 0 Å². The van der Waals surface area contributed by atoms with Crippen molar-refractivity contribution in [3.63, 3.8) is 0 Å². The van der Waals surface area contributed by atoms with Gasteiger partial charge in [0.25, 0.3) is 0 Å². The molecule has 6 atom stereocenters. The van der Waals surface area contributed by atoms with Gasteiger partial charge in [-0.1, -0.05) is 35.4 Å². The number of aliphatic hydroxyl groups excluding tert-OH is 1. The summed E-state index contributed by atoms with van der Waals surface area (Å²) >= 11 is 0. The zero-order valence-electron chi connectivity index (χ0n) is 12.0. The van der Waals surface area contributed by atoms with E-state index in [0.29, 0.717) is 0 Å². The third-order valence-electron chi connectivity index (χ3n) is 3.82. The Hall–Kier alpha value is -1.67. The second-order valence-corrected chi connectivity index (χ2v) is 5.14. The molecule has 1 N–H and O–H groups in total. The highest BCUT2D eigenvalue weighted by Crippen LogP contribution is 2.35. The molecule has 8 nitrogen and oxygen atoms in total. The first-order valence-corrected chi connectivity index (χ1v) is 6.97. The fraction of sp³-hybridized carbons (Fsp3) is 0.571. The highest BCUT2D eigenvalue weighted by molar-refractivity contribution is 5.16. The number of rotatable bonds is 3. The van der Waals surface area contributed by atoms with Gasteiger partial charge in [-0.05, 0) is 5.53 Å². The van der Waals surface area contributed by atoms with E-state index in [9.17, 15) is 5.11 Å². The standard InChI is InChI=1S/C14H17N3O5/c1-19-14-10(16-17-15)11(18)12-9(21-14)7-20-13(22-12)8-5-3-2-4-6-8/h2-6,9-14,18H,7H2,1H3/t9-,10-,11-,12+,13+,14+/m1/s1. The quantitative estimate of drug-likeness (QED) is 0.517. The van der Waals surface area contributed by atoms with E-state index in [2.05, 4.69) is 10.0 Å². The van der Waals surface area contributed by atoms with Crippen LogP contribution in [-0.2, 0) is 18.9 Å². The van der Waals surface area contributed by atoms with Crippen molar-refractivity contribution in [2.75, 3.05) is 13.7 Å². The van der Waals surface area contributed by atoms with Crippen molar-refractivity contribution >= 4 is 0 Å². The summed E-state index contributed by atoms with van der Waals surface area (Å²) in [6, 6.07) is 8.55. The van der Waals surface area contributed by atoms with Crippen LogP contribution in [0.1, 0.15) is 11.9 Å². The van der Waals surface area contributed by atoms with Crippen LogP contribution in [0.4, 0.5) is 0 Å². The lowest BCUT2D eigenvalue weighted by Crippen LogP contribution is -2.61. The van der Waals surface area contributed by atoms with E-state index < -0.39 is 36.9 Å². The minimum atomic E-state index is -1.03. The zero-order chi connectivity index (χ0) is 15.5. The number of nitrogens with zero attached hydrogens (tertiary/aromatic N) is 3. The second kappa shape index (κ2) is 6.62. The van der Waals surface area contributed by atoms with E-state index in [1.807, 2.05) is 30.3 Å². The Morgan fingerprint density at radius 2 is 2.09 bits per heavy atom. The predicted octanol–water partition coefficient (Wildman–Crippen LogP) is 1.51. The molecular formula is C14H17N3O5. The molecule has 0 bridgehead atoms. The molecule has 0 radical (unpaired) electrons. The lowest BCUT2D eigenvalue weighted by atomic mass is 9.96. The Morgan fingerprint density at radius 3 is 2.77 bits per heavy atom. The number of methoxy groups -OCH3 is 1. The van der Waals surface area contributed by atoms with Gasteiger partial charge in [-0.3, -0.25) is 0 Å². The molecule has 1 aromatic rings. The minimum absolute atomic E-state index is 0.254. The van der Waals surface area contributed by atoms with Crippen molar-refractivity contribution in [3.05, 3.63) is 46.3 Å². The maximum atomic E-state index is 10.5. The van der Waals surface area contributed by atoms with Crippen molar-refractivity contribution in [3.8, 4) is 0 Å². The Morgan fingerprint density at radius 1 is 1.32 bits per heavy atom. The summed E-state index contributed by atoms with van der Waals surface area (Å²) in [4.78, 5) is 2.74. The number of fused-ring (bicyclic) bond motifs is 1. The first-order valence-electron chi connectivity index (χ1n) is 6.97. The van der Waals surface area contributed by atoms with Crippen LogP contribution >= 0.6 is 0 Å². The Bertz CT molecular complexity index is 551. The topological polar surface area (TPSA) is 106 Å². The summed E-state index contributed by atoms with van der Waals surface area (Å²) in [6.45, 7) is 0.254. The summed E-state index contributed by atoms with van der Waals surface area (Å²) < 4.78 is 22.3. The predicted molar refractivity (Wildman–Crippen MR) is 74.6 cm³/mol. The molecule has 2 fully saturated rings. The lowest BCUT2D eigenvalue weighted by Gasteiger charge is -2.46. The van der Waals surface area contributed by atoms with E-state index in [1.54, 1.807) is 0 Å². The fourth-order valence-electron chi connectivity index (χ4n) is 2.73. The summed E-state index contributed by atoms with van der Waals surface area (Å²) in [5.41, 5.74) is 9.50. The van der Waals surface area contributed by atoms with Gasteiger partial charge in [-0.15, -0.1) is 0 Å². The maximum Gasteiger partial charge on any atom is 0.184 e. The SMILES string of the molecule is CO[C@H]1O[C@@H]2CO[C@H](c3ccccc3)O[C@@H]2[C@H](O)[C@H]1N=[N+]=[N-]. The highest BCUT2D eigenvalue weighted by Gasteiger charge is 2.49. The Kier molecular flexibility index (Phi) is 4.58. The zero-order valence-corrected chi connectivity index (χ0v) is 12.0. The fourth-order valence-corrected chi connectivity index (χ4v) is 2.73. The normalized spacial score (nSPS) is 37.9. The van der Waals surface area contributed by atoms with Gasteiger partial charge in [0.2, 0.25) is 0 Å². The molecule has 2 saturated heterocycles. The van der Waals surface area contributed by atoms with Gasteiger partial charge in [0, 0.05) is 17.6 Å². The molecule has 22 heavy (non-hydrogen) atoms. The number of benzene rings is 1. The van der Waals surface area contributed by atoms with Gasteiger partial charge < -0.3 is 24.1 Å². The molecule has 0 amide bonds. The number of hydrogen-bond donors (Lipinski definition) is 1. The van der Waals surface area contributed by atoms with Gasteiger partial charge in [-0.2, -0.15) is 0 Å². The molecule has 2 aliphatic rings. The van der Waals surface area contributed by atoms with E-state index in [4.69, 9.17) is 24.5 Å². The van der Waals surface area contributed by atoms with E-state index >= 15 is 0 Å². The smallest absolute Gasteiger partial charge is 0.184 e. The van der Waals surface area contributed by atoms with Crippen molar-refractivity contribution < 1.29 is 24.1 Å². The first-order chi connectivity index (χ1) is 10.7. The monoisotopic (exact) mass is 307 g/mol. The molecule has 0 unspecified atom stereocenters. The molecular weight excluding hydrogens is 290 g/mol. The molecule has 0 spiro atoms. The number of aliphatic hydroxyl groups is 1. The van der Waals surface area contributed by atoms with E-state index in [1.165, 1.54) is 7.11 Å². The lowest BCUT2D eigenvalue weighted by molar-refractivity contribution is -0.338. The molecule has 0 aromatic heterocycles.